The Hall–Kier alpha value is -0.900. The van der Waals surface area contributed by atoms with Gasteiger partial charge in [0.05, 0.1) is 6.04 Å². The van der Waals surface area contributed by atoms with E-state index in [9.17, 15) is 4.39 Å². The maximum Gasteiger partial charge on any atom is 0.123 e. The van der Waals surface area contributed by atoms with E-state index < -0.39 is 0 Å². The lowest BCUT2D eigenvalue weighted by Crippen LogP contribution is -2.19. The van der Waals surface area contributed by atoms with E-state index in [1.54, 1.807) is 12.1 Å². The number of nitrogens with one attached hydrogen (secondary N) is 1. The van der Waals surface area contributed by atoms with Gasteiger partial charge in [0.15, 0.2) is 0 Å². The van der Waals surface area contributed by atoms with Crippen LogP contribution in [-0.2, 0) is 0 Å². The number of aryl methyl sites for hydroxylation is 1. The van der Waals surface area contributed by atoms with E-state index in [2.05, 4.69) is 21.2 Å². The predicted octanol–water partition coefficient (Wildman–Crippen LogP) is 4.86. The Balaban J connectivity index is 2.52. The zero-order chi connectivity index (χ0) is 14.0. The third-order valence-electron chi connectivity index (χ3n) is 3.11. The van der Waals surface area contributed by atoms with E-state index in [-0.39, 0.29) is 11.9 Å². The molecule has 4 heteroatoms. The first-order valence-electron chi connectivity index (χ1n) is 5.91. The van der Waals surface area contributed by atoms with Gasteiger partial charge in [0, 0.05) is 9.50 Å². The number of hydrogen-bond donors (Lipinski definition) is 1. The molecule has 1 nitrogen and oxygen atoms in total. The van der Waals surface area contributed by atoms with Crippen molar-refractivity contribution in [1.82, 2.24) is 5.32 Å². The number of halogens is 3. The molecule has 0 radical (unpaired) electrons. The molecule has 0 aliphatic rings. The van der Waals surface area contributed by atoms with Crippen LogP contribution in [0.2, 0.25) is 5.02 Å². The molecule has 1 N–H and O–H groups in total. The smallest absolute Gasteiger partial charge is 0.123 e. The molecule has 0 bridgehead atoms. The van der Waals surface area contributed by atoms with E-state index in [1.165, 1.54) is 6.07 Å². The summed E-state index contributed by atoms with van der Waals surface area (Å²) in [7, 11) is 1.86. The quantitative estimate of drug-likeness (QED) is 0.840. The zero-order valence-electron chi connectivity index (χ0n) is 10.7. The minimum atomic E-state index is -0.231. The van der Waals surface area contributed by atoms with Gasteiger partial charge in [-0.15, -0.1) is 0 Å². The molecular formula is C15H14BrClFN. The maximum absolute atomic E-state index is 13.5. The van der Waals surface area contributed by atoms with Crippen molar-refractivity contribution in [2.75, 3.05) is 7.05 Å². The van der Waals surface area contributed by atoms with Crippen molar-refractivity contribution < 1.29 is 4.39 Å². The van der Waals surface area contributed by atoms with Gasteiger partial charge < -0.3 is 5.32 Å². The Morgan fingerprint density at radius 1 is 1.16 bits per heavy atom. The summed E-state index contributed by atoms with van der Waals surface area (Å²) in [5.74, 6) is -0.231. The molecule has 0 saturated carbocycles. The fourth-order valence-electron chi connectivity index (χ4n) is 2.14. The molecule has 2 aromatic carbocycles. The first kappa shape index (κ1) is 14.5. The highest BCUT2D eigenvalue weighted by molar-refractivity contribution is 9.10. The van der Waals surface area contributed by atoms with Crippen LogP contribution in [0.5, 0.6) is 0 Å². The predicted molar refractivity (Wildman–Crippen MR) is 81.2 cm³/mol. The molecule has 1 atom stereocenters. The first-order valence-corrected chi connectivity index (χ1v) is 7.08. The van der Waals surface area contributed by atoms with Crippen molar-refractivity contribution in [3.05, 3.63) is 68.4 Å². The summed E-state index contributed by atoms with van der Waals surface area (Å²) < 4.78 is 14.4. The maximum atomic E-state index is 13.5. The highest BCUT2D eigenvalue weighted by Crippen LogP contribution is 2.32. The van der Waals surface area contributed by atoms with Gasteiger partial charge in [-0.2, -0.15) is 0 Å². The third kappa shape index (κ3) is 3.16. The van der Waals surface area contributed by atoms with Crippen LogP contribution in [0.4, 0.5) is 4.39 Å². The Morgan fingerprint density at radius 3 is 2.53 bits per heavy atom. The van der Waals surface area contributed by atoms with Gasteiger partial charge in [0.1, 0.15) is 5.82 Å². The third-order valence-corrected chi connectivity index (χ3v) is 4.04. The van der Waals surface area contributed by atoms with Crippen molar-refractivity contribution in [2.24, 2.45) is 0 Å². The van der Waals surface area contributed by atoms with E-state index in [1.807, 2.05) is 32.2 Å². The first-order chi connectivity index (χ1) is 9.02. The number of benzene rings is 2. The minimum absolute atomic E-state index is 0.0812. The van der Waals surface area contributed by atoms with E-state index in [0.717, 1.165) is 21.2 Å². The van der Waals surface area contributed by atoms with Gasteiger partial charge in [-0.05, 0) is 54.9 Å². The Labute approximate surface area is 125 Å². The van der Waals surface area contributed by atoms with Crippen molar-refractivity contribution in [3.8, 4) is 0 Å². The molecule has 0 heterocycles. The summed E-state index contributed by atoms with van der Waals surface area (Å²) in [6.45, 7) is 1.98. The van der Waals surface area contributed by atoms with Gasteiger partial charge in [0.25, 0.3) is 0 Å². The molecule has 0 aliphatic heterocycles. The number of hydrogen-bond acceptors (Lipinski definition) is 1. The Morgan fingerprint density at radius 2 is 1.89 bits per heavy atom. The molecule has 0 fully saturated rings. The van der Waals surface area contributed by atoms with Crippen molar-refractivity contribution in [3.63, 3.8) is 0 Å². The summed E-state index contributed by atoms with van der Waals surface area (Å²) in [5.41, 5.74) is 2.99. The molecular weight excluding hydrogens is 329 g/mol. The van der Waals surface area contributed by atoms with Gasteiger partial charge in [-0.25, -0.2) is 4.39 Å². The largest absolute Gasteiger partial charge is 0.309 e. The van der Waals surface area contributed by atoms with Crippen LogP contribution in [0.1, 0.15) is 22.7 Å². The van der Waals surface area contributed by atoms with Crippen molar-refractivity contribution >= 4 is 27.5 Å². The van der Waals surface area contributed by atoms with Crippen LogP contribution in [0, 0.1) is 12.7 Å². The molecule has 0 aliphatic carbocycles. The van der Waals surface area contributed by atoms with Crippen LogP contribution in [0.15, 0.2) is 40.9 Å². The van der Waals surface area contributed by atoms with Crippen LogP contribution < -0.4 is 5.32 Å². The summed E-state index contributed by atoms with van der Waals surface area (Å²) in [6.07, 6.45) is 0. The van der Waals surface area contributed by atoms with Gasteiger partial charge in [-0.3, -0.25) is 0 Å². The van der Waals surface area contributed by atoms with Crippen LogP contribution in [0.25, 0.3) is 0 Å². The highest BCUT2D eigenvalue weighted by Gasteiger charge is 2.17. The Bertz CT molecular complexity index is 601. The van der Waals surface area contributed by atoms with Crippen LogP contribution >= 0.6 is 27.5 Å². The van der Waals surface area contributed by atoms with E-state index in [0.29, 0.717) is 5.02 Å². The summed E-state index contributed by atoms with van der Waals surface area (Å²) in [4.78, 5) is 0. The second kappa shape index (κ2) is 6.04. The van der Waals surface area contributed by atoms with E-state index in [4.69, 9.17) is 11.6 Å². The lowest BCUT2D eigenvalue weighted by molar-refractivity contribution is 0.614. The fourth-order valence-corrected chi connectivity index (χ4v) is 3.05. The molecule has 0 saturated heterocycles. The molecule has 0 amide bonds. The topological polar surface area (TPSA) is 12.0 Å². The summed E-state index contributed by atoms with van der Waals surface area (Å²) in [5, 5.41) is 3.89. The van der Waals surface area contributed by atoms with Crippen LogP contribution in [0.3, 0.4) is 0 Å². The average Bonchev–Trinajstić information content (AvgIpc) is 2.36. The van der Waals surface area contributed by atoms with Crippen LogP contribution in [-0.4, -0.2) is 7.05 Å². The second-order valence-electron chi connectivity index (χ2n) is 4.39. The molecule has 19 heavy (non-hydrogen) atoms. The standard InChI is InChI=1S/C15H14BrClFN/c1-9-3-5-11(18)8-13(9)15(19-2)12-6-4-10(17)7-14(12)16/h3-8,15,19H,1-2H3. The summed E-state index contributed by atoms with van der Waals surface area (Å²) in [6, 6.07) is 10.4. The molecule has 2 aromatic rings. The molecule has 1 unspecified atom stereocenters. The second-order valence-corrected chi connectivity index (χ2v) is 5.68. The fraction of sp³-hybridized carbons (Fsp3) is 0.200. The van der Waals surface area contributed by atoms with Gasteiger partial charge in [-0.1, -0.05) is 39.7 Å². The molecule has 0 spiro atoms. The van der Waals surface area contributed by atoms with Crippen molar-refractivity contribution in [1.29, 1.82) is 0 Å². The number of rotatable bonds is 3. The minimum Gasteiger partial charge on any atom is -0.309 e. The normalized spacial score (nSPS) is 12.5. The lowest BCUT2D eigenvalue weighted by Gasteiger charge is -2.21. The average molecular weight is 343 g/mol. The lowest BCUT2D eigenvalue weighted by atomic mass is 9.95. The monoisotopic (exact) mass is 341 g/mol. The Kier molecular flexibility index (Phi) is 4.61. The summed E-state index contributed by atoms with van der Waals surface area (Å²) >= 11 is 9.47. The van der Waals surface area contributed by atoms with Gasteiger partial charge in [0.2, 0.25) is 0 Å². The molecule has 0 aromatic heterocycles. The van der Waals surface area contributed by atoms with Gasteiger partial charge >= 0.3 is 0 Å². The molecule has 100 valence electrons. The SMILES string of the molecule is CNC(c1cc(F)ccc1C)c1ccc(Cl)cc1Br. The highest BCUT2D eigenvalue weighted by atomic mass is 79.9. The molecule has 2 rings (SSSR count). The van der Waals surface area contributed by atoms with Crippen molar-refractivity contribution in [2.45, 2.75) is 13.0 Å². The van der Waals surface area contributed by atoms with E-state index >= 15 is 0 Å². The zero-order valence-corrected chi connectivity index (χ0v) is 13.0.